The summed E-state index contributed by atoms with van der Waals surface area (Å²) >= 11 is 0. The molecule has 3 aromatic carbocycles. The number of amides is 1. The fraction of sp³-hybridized carbons (Fsp3) is 0.269. The number of ether oxygens (including phenoxy) is 2. The van der Waals surface area contributed by atoms with Gasteiger partial charge in [-0.05, 0) is 75.7 Å². The van der Waals surface area contributed by atoms with Crippen molar-refractivity contribution in [3.8, 4) is 17.2 Å². The number of halogens is 3. The number of benzene rings is 3. The van der Waals surface area contributed by atoms with Crippen molar-refractivity contribution < 1.29 is 35.9 Å². The first kappa shape index (κ1) is 27.1. The molecule has 0 saturated carbocycles. The number of sulfonamides is 1. The summed E-state index contributed by atoms with van der Waals surface area (Å²) in [6.45, 7) is 5.68. The summed E-state index contributed by atoms with van der Waals surface area (Å²) in [6.07, 6.45) is -5.61. The van der Waals surface area contributed by atoms with Crippen LogP contribution in [0.1, 0.15) is 55.3 Å². The summed E-state index contributed by atoms with van der Waals surface area (Å²) < 4.78 is 77.6. The second-order valence-electron chi connectivity index (χ2n) is 9.00. The van der Waals surface area contributed by atoms with Crippen molar-refractivity contribution in [2.75, 3.05) is 0 Å². The van der Waals surface area contributed by atoms with Crippen LogP contribution in [0, 0.1) is 0 Å². The van der Waals surface area contributed by atoms with Gasteiger partial charge in [-0.3, -0.25) is 4.79 Å². The smallest absolute Gasteiger partial charge is 0.419 e. The monoisotopic (exact) mass is 521 g/mol. The Bertz CT molecular complexity index is 1320. The van der Waals surface area contributed by atoms with Gasteiger partial charge < -0.3 is 9.47 Å². The van der Waals surface area contributed by atoms with E-state index in [4.69, 9.17) is 9.47 Å². The predicted octanol–water partition coefficient (Wildman–Crippen LogP) is 6.50. The van der Waals surface area contributed by atoms with Crippen molar-refractivity contribution in [1.82, 2.24) is 4.72 Å². The Balaban J connectivity index is 1.80. The summed E-state index contributed by atoms with van der Waals surface area (Å²) in [4.78, 5) is 12.4. The molecule has 0 heterocycles. The lowest BCUT2D eigenvalue weighted by molar-refractivity contribution is -0.139. The standard InChI is InChI=1S/C26H26F3NO5S/c1-17(18-10-13-21(14-11-18)35-20-8-6-5-7-9-20)34-23-15-12-19(16-22(23)26(27,28)29)24(31)30-36(32,33)25(2,3)4/h5-17H,1-4H3,(H,30,31). The van der Waals surface area contributed by atoms with E-state index in [2.05, 4.69) is 0 Å². The van der Waals surface area contributed by atoms with Gasteiger partial charge in [-0.1, -0.05) is 30.3 Å². The van der Waals surface area contributed by atoms with Gasteiger partial charge in [-0.25, -0.2) is 13.1 Å². The van der Waals surface area contributed by atoms with Crippen LogP contribution in [0.5, 0.6) is 17.2 Å². The van der Waals surface area contributed by atoms with Crippen LogP contribution < -0.4 is 14.2 Å². The van der Waals surface area contributed by atoms with Crippen molar-refractivity contribution >= 4 is 15.9 Å². The van der Waals surface area contributed by atoms with Gasteiger partial charge in [0.15, 0.2) is 0 Å². The van der Waals surface area contributed by atoms with Crippen molar-refractivity contribution in [3.05, 3.63) is 89.5 Å². The maximum atomic E-state index is 13.8. The summed E-state index contributed by atoms with van der Waals surface area (Å²) in [5.41, 5.74) is -1.06. The second-order valence-corrected chi connectivity index (χ2v) is 11.4. The van der Waals surface area contributed by atoms with Crippen LogP contribution in [-0.4, -0.2) is 19.1 Å². The third kappa shape index (κ3) is 6.57. The summed E-state index contributed by atoms with van der Waals surface area (Å²) in [6, 6.07) is 18.5. The van der Waals surface area contributed by atoms with E-state index in [0.717, 1.165) is 12.1 Å². The van der Waals surface area contributed by atoms with E-state index < -0.39 is 49.8 Å². The number of hydrogen-bond acceptors (Lipinski definition) is 5. The molecule has 0 spiro atoms. The molecular weight excluding hydrogens is 495 g/mol. The van der Waals surface area contributed by atoms with Crippen molar-refractivity contribution in [3.63, 3.8) is 0 Å². The first-order valence-electron chi connectivity index (χ1n) is 10.9. The van der Waals surface area contributed by atoms with Gasteiger partial charge in [0.25, 0.3) is 5.91 Å². The number of para-hydroxylation sites is 1. The minimum atomic E-state index is -4.85. The van der Waals surface area contributed by atoms with Crippen LogP contribution in [0.2, 0.25) is 0 Å². The molecule has 10 heteroatoms. The average Bonchev–Trinajstić information content (AvgIpc) is 2.78. The van der Waals surface area contributed by atoms with Gasteiger partial charge in [0.05, 0.1) is 10.3 Å². The topological polar surface area (TPSA) is 81.7 Å². The Kier molecular flexibility index (Phi) is 7.68. The molecule has 0 aromatic heterocycles. The fourth-order valence-electron chi connectivity index (χ4n) is 3.02. The first-order chi connectivity index (χ1) is 16.7. The van der Waals surface area contributed by atoms with Gasteiger partial charge in [0, 0.05) is 5.56 Å². The minimum absolute atomic E-state index is 0.461. The van der Waals surface area contributed by atoms with Gasteiger partial charge in [0.2, 0.25) is 10.0 Å². The molecule has 0 fully saturated rings. The molecule has 36 heavy (non-hydrogen) atoms. The number of carbonyl (C=O) groups excluding carboxylic acids is 1. The molecule has 1 unspecified atom stereocenters. The average molecular weight is 522 g/mol. The third-order valence-corrected chi connectivity index (χ3v) is 7.28. The largest absolute Gasteiger partial charge is 0.485 e. The highest BCUT2D eigenvalue weighted by molar-refractivity contribution is 7.91. The minimum Gasteiger partial charge on any atom is -0.485 e. The number of alkyl halides is 3. The quantitative estimate of drug-likeness (QED) is 0.384. The number of hydrogen-bond donors (Lipinski definition) is 1. The summed E-state index contributed by atoms with van der Waals surface area (Å²) in [7, 11) is -4.10. The van der Waals surface area contributed by atoms with Gasteiger partial charge in [0.1, 0.15) is 23.4 Å². The zero-order valence-corrected chi connectivity index (χ0v) is 20.9. The second kappa shape index (κ2) is 10.2. The van der Waals surface area contributed by atoms with Crippen LogP contribution in [0.3, 0.4) is 0 Å². The molecule has 6 nitrogen and oxygen atoms in total. The lowest BCUT2D eigenvalue weighted by Gasteiger charge is -2.21. The SMILES string of the molecule is CC(Oc1ccc(C(=O)NS(=O)(=O)C(C)(C)C)cc1C(F)(F)F)c1ccc(Oc2ccccc2)cc1. The molecule has 192 valence electrons. The molecule has 0 radical (unpaired) electrons. The lowest BCUT2D eigenvalue weighted by Crippen LogP contribution is -2.42. The zero-order chi connectivity index (χ0) is 26.7. The van der Waals surface area contributed by atoms with Gasteiger partial charge in [-0.2, -0.15) is 13.2 Å². The van der Waals surface area contributed by atoms with Crippen LogP contribution in [0.4, 0.5) is 13.2 Å². The van der Waals surface area contributed by atoms with E-state index >= 15 is 0 Å². The summed E-state index contributed by atoms with van der Waals surface area (Å²) in [5, 5.41) is 0. The number of carbonyl (C=O) groups is 1. The lowest BCUT2D eigenvalue weighted by atomic mass is 10.1. The van der Waals surface area contributed by atoms with E-state index in [1.807, 2.05) is 22.9 Å². The Morgan fingerprint density at radius 2 is 1.47 bits per heavy atom. The molecular formula is C26H26F3NO5S. The highest BCUT2D eigenvalue weighted by Crippen LogP contribution is 2.39. The van der Waals surface area contributed by atoms with E-state index in [0.29, 0.717) is 23.1 Å². The Hall–Kier alpha value is -3.53. The van der Waals surface area contributed by atoms with E-state index in [1.54, 1.807) is 43.3 Å². The number of nitrogens with one attached hydrogen (secondary N) is 1. The summed E-state index contributed by atoms with van der Waals surface area (Å²) in [5.74, 6) is -0.462. The van der Waals surface area contributed by atoms with Crippen LogP contribution in [0.25, 0.3) is 0 Å². The Morgan fingerprint density at radius 1 is 0.889 bits per heavy atom. The molecule has 3 aromatic rings. The molecule has 3 rings (SSSR count). The molecule has 0 bridgehead atoms. The van der Waals surface area contributed by atoms with Crippen LogP contribution in [0.15, 0.2) is 72.8 Å². The van der Waals surface area contributed by atoms with Crippen LogP contribution >= 0.6 is 0 Å². The molecule has 0 saturated heterocycles. The molecule has 0 aliphatic carbocycles. The predicted molar refractivity (Wildman–Crippen MR) is 130 cm³/mol. The Morgan fingerprint density at radius 3 is 2.03 bits per heavy atom. The van der Waals surface area contributed by atoms with Crippen LogP contribution in [-0.2, 0) is 16.2 Å². The molecule has 1 N–H and O–H groups in total. The van der Waals surface area contributed by atoms with E-state index in [9.17, 15) is 26.4 Å². The van der Waals surface area contributed by atoms with Crippen molar-refractivity contribution in [1.29, 1.82) is 0 Å². The number of rotatable bonds is 7. The van der Waals surface area contributed by atoms with Gasteiger partial charge in [-0.15, -0.1) is 0 Å². The zero-order valence-electron chi connectivity index (χ0n) is 20.1. The maximum Gasteiger partial charge on any atom is 0.419 e. The maximum absolute atomic E-state index is 13.8. The molecule has 1 amide bonds. The van der Waals surface area contributed by atoms with Crippen molar-refractivity contribution in [2.45, 2.75) is 44.7 Å². The third-order valence-electron chi connectivity index (χ3n) is 5.21. The first-order valence-corrected chi connectivity index (χ1v) is 12.4. The van der Waals surface area contributed by atoms with Crippen molar-refractivity contribution in [2.24, 2.45) is 0 Å². The Labute approximate surface area is 208 Å². The normalized spacial score (nSPS) is 13.1. The highest BCUT2D eigenvalue weighted by atomic mass is 32.2. The van der Waals surface area contributed by atoms with Gasteiger partial charge >= 0.3 is 6.18 Å². The highest BCUT2D eigenvalue weighted by Gasteiger charge is 2.37. The molecule has 1 atom stereocenters. The van der Waals surface area contributed by atoms with E-state index in [1.165, 1.54) is 20.8 Å². The molecule has 0 aliphatic rings. The van der Waals surface area contributed by atoms with E-state index in [-0.39, 0.29) is 0 Å². The molecule has 0 aliphatic heterocycles. The fourth-order valence-corrected chi connectivity index (χ4v) is 3.69.